The number of ether oxygens (including phenoxy) is 1. The van der Waals surface area contributed by atoms with Crippen molar-refractivity contribution in [2.24, 2.45) is 17.3 Å². The quantitative estimate of drug-likeness (QED) is 0.190. The summed E-state index contributed by atoms with van der Waals surface area (Å²) in [5.74, 6) is 1.31. The van der Waals surface area contributed by atoms with Gasteiger partial charge in [0, 0.05) is 23.2 Å². The van der Waals surface area contributed by atoms with Crippen LogP contribution in [0, 0.1) is 17.3 Å². The molecule has 5 nitrogen and oxygen atoms in total. The second-order valence-corrected chi connectivity index (χ2v) is 11.8. The summed E-state index contributed by atoms with van der Waals surface area (Å²) in [6, 6.07) is 12.0. The maximum Gasteiger partial charge on any atom is 0.446 e. The van der Waals surface area contributed by atoms with Crippen molar-refractivity contribution in [3.8, 4) is 0 Å². The molecule has 1 fully saturated rings. The predicted octanol–water partition coefficient (Wildman–Crippen LogP) is 8.04. The van der Waals surface area contributed by atoms with Crippen molar-refractivity contribution >= 4 is 46.5 Å². The molecule has 0 amide bonds. The van der Waals surface area contributed by atoms with Crippen LogP contribution in [-0.4, -0.2) is 28.1 Å². The number of benzene rings is 2. The average molecular weight is 532 g/mol. The Morgan fingerprint density at radius 2 is 1.95 bits per heavy atom. The number of hydrogen-bond acceptors (Lipinski definition) is 5. The van der Waals surface area contributed by atoms with E-state index in [-0.39, 0.29) is 22.1 Å². The summed E-state index contributed by atoms with van der Waals surface area (Å²) in [6.45, 7) is 7.73. The van der Waals surface area contributed by atoms with Crippen molar-refractivity contribution < 1.29 is 22.7 Å². The van der Waals surface area contributed by atoms with Crippen LogP contribution in [0.2, 0.25) is 0 Å². The third kappa shape index (κ3) is 7.31. The van der Waals surface area contributed by atoms with E-state index in [1.54, 1.807) is 18.2 Å². The van der Waals surface area contributed by atoms with Gasteiger partial charge < -0.3 is 14.6 Å². The summed E-state index contributed by atoms with van der Waals surface area (Å²) in [7, 11) is 1.33. The molecule has 9 heteroatoms. The molecule has 4 rings (SSSR count). The molecule has 1 aliphatic rings. The Kier molecular flexibility index (Phi) is 7.92. The molecule has 2 atom stereocenters. The molecule has 0 aliphatic heterocycles. The molecule has 0 saturated heterocycles. The van der Waals surface area contributed by atoms with Gasteiger partial charge in [-0.15, -0.1) is 0 Å². The van der Waals surface area contributed by atoms with Crippen molar-refractivity contribution in [2.45, 2.75) is 57.0 Å². The van der Waals surface area contributed by atoms with E-state index in [1.807, 2.05) is 18.2 Å². The Morgan fingerprint density at radius 3 is 2.59 bits per heavy atom. The summed E-state index contributed by atoms with van der Waals surface area (Å²) in [4.78, 5) is 16.5. The molecule has 1 unspecified atom stereocenters. The molecule has 0 bridgehead atoms. The second-order valence-electron chi connectivity index (χ2n) is 10.6. The first-order chi connectivity index (χ1) is 17.4. The molecule has 0 radical (unpaired) electrons. The Morgan fingerprint density at radius 1 is 1.22 bits per heavy atom. The third-order valence-corrected chi connectivity index (χ3v) is 7.39. The van der Waals surface area contributed by atoms with E-state index in [9.17, 15) is 18.0 Å². The number of aromatic nitrogens is 2. The van der Waals surface area contributed by atoms with Gasteiger partial charge >= 0.3 is 11.5 Å². The van der Waals surface area contributed by atoms with Crippen molar-refractivity contribution in [3.63, 3.8) is 0 Å². The maximum absolute atomic E-state index is 12.7. The van der Waals surface area contributed by atoms with Gasteiger partial charge in [-0.3, -0.25) is 0 Å². The highest BCUT2D eigenvalue weighted by Gasteiger charge is 2.33. The van der Waals surface area contributed by atoms with E-state index >= 15 is 0 Å². The molecule has 1 aliphatic carbocycles. The Labute approximate surface area is 219 Å². The fourth-order valence-corrected chi connectivity index (χ4v) is 6.11. The molecule has 198 valence electrons. The maximum atomic E-state index is 12.7. The van der Waals surface area contributed by atoms with Crippen LogP contribution < -0.4 is 5.32 Å². The minimum Gasteiger partial charge on any atom is -0.466 e. The predicted molar refractivity (Wildman–Crippen MR) is 143 cm³/mol. The number of carbonyl (C=O) groups is 1. The monoisotopic (exact) mass is 531 g/mol. The van der Waals surface area contributed by atoms with Crippen LogP contribution in [0.3, 0.4) is 0 Å². The highest BCUT2D eigenvalue weighted by molar-refractivity contribution is 8.00. The molecule has 1 heterocycles. The molecular formula is C28H32F3N3O2S. The standard InChI is InChI=1S/C28H32F3N3O2S/c1-18-13-20(16-27(2,3)15-18)17-34-24-11-5-19(6-12-25(35)36-4)14-23(24)33-26(34)32-21-7-9-22(10-8-21)37-28(29,30)31/h5-12,14,18,20H,13,15-17H2,1-4H3,(H,32,33)/b12-6+/t18-,20?/m0/s1. The lowest BCUT2D eigenvalue weighted by atomic mass is 9.68. The van der Waals surface area contributed by atoms with Gasteiger partial charge in [0.15, 0.2) is 0 Å². The number of hydrogen-bond donors (Lipinski definition) is 1. The largest absolute Gasteiger partial charge is 0.466 e. The first-order valence-electron chi connectivity index (χ1n) is 12.3. The van der Waals surface area contributed by atoms with Gasteiger partial charge in [-0.05, 0) is 96.3 Å². The number of nitrogens with zero attached hydrogens (tertiary/aromatic N) is 2. The SMILES string of the molecule is COC(=O)/C=C/c1ccc2c(c1)nc(Nc1ccc(SC(F)(F)F)cc1)n2CC1C[C@H](C)CC(C)(C)C1. The number of rotatable bonds is 7. The van der Waals surface area contributed by atoms with Gasteiger partial charge in [-0.25, -0.2) is 9.78 Å². The zero-order chi connectivity index (χ0) is 26.8. The van der Waals surface area contributed by atoms with E-state index in [0.717, 1.165) is 36.0 Å². The summed E-state index contributed by atoms with van der Waals surface area (Å²) >= 11 is -0.132. The minimum atomic E-state index is -4.33. The van der Waals surface area contributed by atoms with Crippen molar-refractivity contribution in [1.29, 1.82) is 0 Å². The number of methoxy groups -OCH3 is 1. The van der Waals surface area contributed by atoms with Crippen molar-refractivity contribution in [1.82, 2.24) is 9.55 Å². The first kappa shape index (κ1) is 27.1. The highest BCUT2D eigenvalue weighted by atomic mass is 32.2. The van der Waals surface area contributed by atoms with Crippen LogP contribution >= 0.6 is 11.8 Å². The Hall–Kier alpha value is -2.94. The van der Waals surface area contributed by atoms with Gasteiger partial charge in [0.1, 0.15) is 0 Å². The lowest BCUT2D eigenvalue weighted by Gasteiger charge is -2.39. The van der Waals surface area contributed by atoms with Gasteiger partial charge in [-0.1, -0.05) is 26.8 Å². The first-order valence-corrected chi connectivity index (χ1v) is 13.1. The van der Waals surface area contributed by atoms with Crippen LogP contribution in [0.25, 0.3) is 17.1 Å². The third-order valence-electron chi connectivity index (χ3n) is 6.65. The van der Waals surface area contributed by atoms with Crippen LogP contribution in [0.5, 0.6) is 0 Å². The number of imidazole rings is 1. The smallest absolute Gasteiger partial charge is 0.446 e. The molecule has 1 N–H and O–H groups in total. The summed E-state index contributed by atoms with van der Waals surface area (Å²) < 4.78 is 45.0. The van der Waals surface area contributed by atoms with E-state index in [4.69, 9.17) is 4.98 Å². The Bertz CT molecular complexity index is 1280. The second kappa shape index (κ2) is 10.8. The number of anilines is 2. The minimum absolute atomic E-state index is 0.131. The summed E-state index contributed by atoms with van der Waals surface area (Å²) in [6.07, 6.45) is 6.49. The highest BCUT2D eigenvalue weighted by Crippen LogP contribution is 2.43. The van der Waals surface area contributed by atoms with Crippen molar-refractivity contribution in [2.75, 3.05) is 12.4 Å². The van der Waals surface area contributed by atoms with E-state index in [2.05, 4.69) is 35.4 Å². The van der Waals surface area contributed by atoms with Crippen LogP contribution in [-0.2, 0) is 16.1 Å². The van der Waals surface area contributed by atoms with E-state index in [0.29, 0.717) is 23.5 Å². The topological polar surface area (TPSA) is 56.1 Å². The van der Waals surface area contributed by atoms with Gasteiger partial charge in [0.05, 0.1) is 18.1 Å². The number of alkyl halides is 3. The fraction of sp³-hybridized carbons (Fsp3) is 0.429. The number of fused-ring (bicyclic) bond motifs is 1. The average Bonchev–Trinajstić information content (AvgIpc) is 3.12. The number of carbonyl (C=O) groups excluding carboxylic acids is 1. The summed E-state index contributed by atoms with van der Waals surface area (Å²) in [5, 5.41) is 3.32. The van der Waals surface area contributed by atoms with Crippen LogP contribution in [0.15, 0.2) is 53.4 Å². The zero-order valence-electron chi connectivity index (χ0n) is 21.4. The normalized spacial score (nSPS) is 19.9. The number of thioether (sulfide) groups is 1. The molecule has 3 aromatic rings. The molecule has 2 aromatic carbocycles. The molecular weight excluding hydrogens is 499 g/mol. The van der Waals surface area contributed by atoms with Gasteiger partial charge in [0.2, 0.25) is 5.95 Å². The van der Waals surface area contributed by atoms with Crippen LogP contribution in [0.1, 0.15) is 45.6 Å². The van der Waals surface area contributed by atoms with Gasteiger partial charge in [0.25, 0.3) is 0 Å². The van der Waals surface area contributed by atoms with E-state index in [1.165, 1.54) is 31.7 Å². The van der Waals surface area contributed by atoms with E-state index < -0.39 is 11.5 Å². The molecule has 37 heavy (non-hydrogen) atoms. The summed E-state index contributed by atoms with van der Waals surface area (Å²) in [5.41, 5.74) is -0.862. The zero-order valence-corrected chi connectivity index (χ0v) is 22.2. The number of nitrogens with one attached hydrogen (secondary N) is 1. The molecule has 1 aromatic heterocycles. The lowest BCUT2D eigenvalue weighted by molar-refractivity contribution is -0.134. The number of esters is 1. The lowest BCUT2D eigenvalue weighted by Crippen LogP contribution is -2.30. The fourth-order valence-electron chi connectivity index (χ4n) is 5.57. The van der Waals surface area contributed by atoms with Crippen molar-refractivity contribution in [3.05, 3.63) is 54.1 Å². The molecule has 1 saturated carbocycles. The van der Waals surface area contributed by atoms with Crippen LogP contribution in [0.4, 0.5) is 24.8 Å². The van der Waals surface area contributed by atoms with Gasteiger partial charge in [-0.2, -0.15) is 13.2 Å². The Balaban J connectivity index is 1.66. The number of halogens is 3. The molecule has 0 spiro atoms.